The molecule has 0 aliphatic carbocycles. The van der Waals surface area contributed by atoms with Gasteiger partial charge in [0.1, 0.15) is 0 Å². The smallest absolute Gasteiger partial charge is 0.222 e. The lowest BCUT2D eigenvalue weighted by Gasteiger charge is -2.28. The third kappa shape index (κ3) is 12.9. The Balaban J connectivity index is 2.67. The standard InChI is InChI=1S/C25H44N2O6/c1-25(2,3)20-26(4)24(30)7-6-8-27(9-10-32-13-14-33-12-11-31-5)23-16-21(18-28)15-22(17-23)19-29/h15-17,28-29H,6-14,18-20H2,1-5H3. The van der Waals surface area contributed by atoms with Crippen molar-refractivity contribution in [3.05, 3.63) is 29.3 Å². The number of hydrogen-bond donors (Lipinski definition) is 2. The largest absolute Gasteiger partial charge is 0.392 e. The summed E-state index contributed by atoms with van der Waals surface area (Å²) >= 11 is 0. The van der Waals surface area contributed by atoms with Crippen molar-refractivity contribution in [3.8, 4) is 0 Å². The topological polar surface area (TPSA) is 91.7 Å². The van der Waals surface area contributed by atoms with E-state index in [1.165, 1.54) is 0 Å². The SMILES string of the molecule is COCCOCCOCCN(CCCC(=O)N(C)CC(C)(C)C)c1cc(CO)cc(CO)c1. The van der Waals surface area contributed by atoms with Gasteiger partial charge in [0.15, 0.2) is 0 Å². The minimum Gasteiger partial charge on any atom is -0.392 e. The fourth-order valence-corrected chi connectivity index (χ4v) is 3.53. The van der Waals surface area contributed by atoms with E-state index >= 15 is 0 Å². The van der Waals surface area contributed by atoms with Gasteiger partial charge in [-0.15, -0.1) is 0 Å². The first-order valence-corrected chi connectivity index (χ1v) is 11.7. The molecule has 0 saturated heterocycles. The molecule has 0 aliphatic heterocycles. The summed E-state index contributed by atoms with van der Waals surface area (Å²) in [5, 5.41) is 19.2. The van der Waals surface area contributed by atoms with E-state index in [4.69, 9.17) is 14.2 Å². The highest BCUT2D eigenvalue weighted by molar-refractivity contribution is 5.75. The number of methoxy groups -OCH3 is 1. The molecule has 0 saturated carbocycles. The molecule has 33 heavy (non-hydrogen) atoms. The minimum absolute atomic E-state index is 0.0620. The molecule has 0 bridgehead atoms. The number of benzene rings is 1. The number of nitrogens with zero attached hydrogens (tertiary/aromatic N) is 2. The summed E-state index contributed by atoms with van der Waals surface area (Å²) in [7, 11) is 3.49. The molecule has 2 N–H and O–H groups in total. The Morgan fingerprint density at radius 3 is 2.03 bits per heavy atom. The molecule has 0 fully saturated rings. The third-order valence-corrected chi connectivity index (χ3v) is 5.03. The van der Waals surface area contributed by atoms with Crippen LogP contribution in [0.1, 0.15) is 44.7 Å². The predicted molar refractivity (Wildman–Crippen MR) is 130 cm³/mol. The Morgan fingerprint density at radius 1 is 0.909 bits per heavy atom. The summed E-state index contributed by atoms with van der Waals surface area (Å²) in [6, 6.07) is 5.63. The predicted octanol–water partition coefficient (Wildman–Crippen LogP) is 2.44. The molecular weight excluding hydrogens is 424 g/mol. The van der Waals surface area contributed by atoms with Gasteiger partial charge in [-0.3, -0.25) is 4.79 Å². The zero-order chi connectivity index (χ0) is 24.7. The van der Waals surface area contributed by atoms with E-state index in [2.05, 4.69) is 25.7 Å². The van der Waals surface area contributed by atoms with E-state index in [9.17, 15) is 15.0 Å². The second-order valence-corrected chi connectivity index (χ2v) is 9.44. The van der Waals surface area contributed by atoms with Gasteiger partial charge in [-0.05, 0) is 35.1 Å². The summed E-state index contributed by atoms with van der Waals surface area (Å²) in [6.07, 6.45) is 1.16. The summed E-state index contributed by atoms with van der Waals surface area (Å²) in [5.74, 6) is 0.134. The van der Waals surface area contributed by atoms with Gasteiger partial charge in [0.05, 0.1) is 46.2 Å². The molecule has 1 aromatic rings. The number of carbonyl (C=O) groups is 1. The number of aliphatic hydroxyl groups is 2. The zero-order valence-corrected chi connectivity index (χ0v) is 21.1. The van der Waals surface area contributed by atoms with Gasteiger partial charge >= 0.3 is 0 Å². The van der Waals surface area contributed by atoms with E-state index in [0.29, 0.717) is 65.5 Å². The van der Waals surface area contributed by atoms with Crippen LogP contribution >= 0.6 is 0 Å². The van der Waals surface area contributed by atoms with Crippen LogP contribution in [0.5, 0.6) is 0 Å². The Morgan fingerprint density at radius 2 is 1.48 bits per heavy atom. The van der Waals surface area contributed by atoms with Gasteiger partial charge in [-0.1, -0.05) is 26.8 Å². The number of ether oxygens (including phenoxy) is 3. The van der Waals surface area contributed by atoms with Gasteiger partial charge in [0, 0.05) is 45.9 Å². The average Bonchev–Trinajstić information content (AvgIpc) is 2.77. The van der Waals surface area contributed by atoms with Crippen LogP contribution in [-0.2, 0) is 32.2 Å². The van der Waals surface area contributed by atoms with Crippen LogP contribution < -0.4 is 4.90 Å². The quantitative estimate of drug-likeness (QED) is 0.339. The van der Waals surface area contributed by atoms with Crippen molar-refractivity contribution in [2.24, 2.45) is 5.41 Å². The first kappa shape index (κ1) is 29.3. The van der Waals surface area contributed by atoms with Crippen LogP contribution in [0.15, 0.2) is 18.2 Å². The zero-order valence-electron chi connectivity index (χ0n) is 21.1. The molecule has 0 aromatic heterocycles. The van der Waals surface area contributed by atoms with Gasteiger partial charge in [-0.25, -0.2) is 0 Å². The molecule has 1 aromatic carbocycles. The Bertz CT molecular complexity index is 655. The van der Waals surface area contributed by atoms with Crippen LogP contribution in [0.25, 0.3) is 0 Å². The van der Waals surface area contributed by atoms with Crippen molar-refractivity contribution in [3.63, 3.8) is 0 Å². The van der Waals surface area contributed by atoms with Crippen LogP contribution in [0.4, 0.5) is 5.69 Å². The molecule has 0 spiro atoms. The number of carbonyl (C=O) groups excluding carboxylic acids is 1. The lowest BCUT2D eigenvalue weighted by Crippen LogP contribution is -2.35. The second-order valence-electron chi connectivity index (χ2n) is 9.44. The lowest BCUT2D eigenvalue weighted by atomic mass is 9.96. The van der Waals surface area contributed by atoms with Gasteiger partial charge in [-0.2, -0.15) is 0 Å². The molecule has 0 radical (unpaired) electrons. The highest BCUT2D eigenvalue weighted by Gasteiger charge is 2.18. The highest BCUT2D eigenvalue weighted by atomic mass is 16.5. The minimum atomic E-state index is -0.0971. The van der Waals surface area contributed by atoms with Gasteiger partial charge < -0.3 is 34.2 Å². The number of aliphatic hydroxyl groups excluding tert-OH is 2. The summed E-state index contributed by atoms with van der Waals surface area (Å²) in [6.45, 7) is 10.8. The summed E-state index contributed by atoms with van der Waals surface area (Å²) in [4.78, 5) is 16.5. The normalized spacial score (nSPS) is 11.6. The van der Waals surface area contributed by atoms with E-state index < -0.39 is 0 Å². The maximum absolute atomic E-state index is 12.5. The van der Waals surface area contributed by atoms with Crippen molar-refractivity contribution in [2.45, 2.75) is 46.8 Å². The molecule has 190 valence electrons. The molecule has 0 aliphatic rings. The molecule has 0 atom stereocenters. The number of amides is 1. The fraction of sp³-hybridized carbons (Fsp3) is 0.720. The van der Waals surface area contributed by atoms with E-state index in [0.717, 1.165) is 16.8 Å². The Kier molecular flexibility index (Phi) is 14.2. The molecular formula is C25H44N2O6. The first-order valence-electron chi connectivity index (χ1n) is 11.7. The van der Waals surface area contributed by atoms with Crippen LogP contribution in [0.3, 0.4) is 0 Å². The van der Waals surface area contributed by atoms with Gasteiger partial charge in [0.2, 0.25) is 5.91 Å². The molecule has 8 heteroatoms. The Hall–Kier alpha value is -1.71. The second kappa shape index (κ2) is 16.0. The monoisotopic (exact) mass is 468 g/mol. The molecule has 1 amide bonds. The molecule has 0 heterocycles. The van der Waals surface area contributed by atoms with E-state index in [1.807, 2.05) is 19.2 Å². The maximum atomic E-state index is 12.5. The van der Waals surface area contributed by atoms with Crippen LogP contribution in [-0.4, -0.2) is 87.8 Å². The maximum Gasteiger partial charge on any atom is 0.222 e. The fourth-order valence-electron chi connectivity index (χ4n) is 3.53. The molecule has 1 rings (SSSR count). The van der Waals surface area contributed by atoms with Crippen molar-refractivity contribution < 1.29 is 29.2 Å². The Labute approximate surface area is 199 Å². The van der Waals surface area contributed by atoms with Crippen molar-refractivity contribution in [2.75, 3.05) is 71.7 Å². The number of hydrogen-bond acceptors (Lipinski definition) is 7. The summed E-state index contributed by atoms with van der Waals surface area (Å²) < 4.78 is 16.1. The molecule has 0 unspecified atom stereocenters. The number of anilines is 1. The number of rotatable bonds is 17. The van der Waals surface area contributed by atoms with Crippen molar-refractivity contribution in [1.29, 1.82) is 0 Å². The van der Waals surface area contributed by atoms with Crippen molar-refractivity contribution in [1.82, 2.24) is 4.90 Å². The third-order valence-electron chi connectivity index (χ3n) is 5.03. The van der Waals surface area contributed by atoms with Crippen LogP contribution in [0.2, 0.25) is 0 Å². The lowest BCUT2D eigenvalue weighted by molar-refractivity contribution is -0.131. The first-order chi connectivity index (χ1) is 15.7. The average molecular weight is 469 g/mol. The van der Waals surface area contributed by atoms with E-state index in [1.54, 1.807) is 18.1 Å². The van der Waals surface area contributed by atoms with Crippen molar-refractivity contribution >= 4 is 11.6 Å². The van der Waals surface area contributed by atoms with E-state index in [-0.39, 0.29) is 24.5 Å². The molecule has 8 nitrogen and oxygen atoms in total. The van der Waals surface area contributed by atoms with Gasteiger partial charge in [0.25, 0.3) is 0 Å². The summed E-state index contributed by atoms with van der Waals surface area (Å²) in [5.41, 5.74) is 2.46. The van der Waals surface area contributed by atoms with Crippen LogP contribution in [0, 0.1) is 5.41 Å². The highest BCUT2D eigenvalue weighted by Crippen LogP contribution is 2.21.